The summed E-state index contributed by atoms with van der Waals surface area (Å²) in [5.41, 5.74) is 0.0153. The molecule has 5 nitrogen and oxygen atoms in total. The van der Waals surface area contributed by atoms with Crippen molar-refractivity contribution in [3.63, 3.8) is 0 Å². The zero-order valence-electron chi connectivity index (χ0n) is 7.49. The zero-order chi connectivity index (χ0) is 11.3. The topological polar surface area (TPSA) is 80.4 Å². The van der Waals surface area contributed by atoms with Gasteiger partial charge in [0.25, 0.3) is 5.69 Å². The Morgan fingerprint density at radius 2 is 2.00 bits per heavy atom. The van der Waals surface area contributed by atoms with Crippen molar-refractivity contribution in [1.82, 2.24) is 0 Å². The first-order valence-corrected chi connectivity index (χ1v) is 4.78. The predicted molar refractivity (Wildman–Crippen MR) is 55.7 cm³/mol. The van der Waals surface area contributed by atoms with Crippen molar-refractivity contribution in [2.45, 2.75) is 4.90 Å². The van der Waals surface area contributed by atoms with Crippen LogP contribution in [0.25, 0.3) is 0 Å². The minimum atomic E-state index is -1.02. The first-order valence-electron chi connectivity index (χ1n) is 3.90. The molecule has 0 radical (unpaired) electrons. The molecule has 0 unspecified atom stereocenters. The molecule has 0 aliphatic heterocycles. The van der Waals surface area contributed by atoms with E-state index in [-0.39, 0.29) is 5.69 Å². The van der Waals surface area contributed by atoms with Crippen molar-refractivity contribution >= 4 is 23.4 Å². The smallest absolute Gasteiger partial charge is 0.328 e. The summed E-state index contributed by atoms with van der Waals surface area (Å²) in [7, 11) is 0. The van der Waals surface area contributed by atoms with Crippen LogP contribution in [-0.4, -0.2) is 16.0 Å². The predicted octanol–water partition coefficient (Wildman–Crippen LogP) is 2.29. The molecule has 78 valence electrons. The van der Waals surface area contributed by atoms with Gasteiger partial charge in [0.1, 0.15) is 0 Å². The number of hydrogen-bond acceptors (Lipinski definition) is 4. The number of rotatable bonds is 4. The largest absolute Gasteiger partial charge is 0.478 e. The Hall–Kier alpha value is -1.82. The number of carboxylic acid groups (broad SMARTS) is 1. The van der Waals surface area contributed by atoms with E-state index >= 15 is 0 Å². The Kier molecular flexibility index (Phi) is 3.87. The lowest BCUT2D eigenvalue weighted by molar-refractivity contribution is -0.384. The molecule has 1 aromatic rings. The number of nitrogens with zero attached hydrogens (tertiary/aromatic N) is 1. The normalized spacial score (nSPS) is 10.4. The van der Waals surface area contributed by atoms with E-state index in [1.165, 1.54) is 29.3 Å². The Bertz CT molecular complexity index is 399. The number of carbonyl (C=O) groups is 1. The molecule has 1 N–H and O–H groups in total. The Labute approximate surface area is 89.6 Å². The van der Waals surface area contributed by atoms with Crippen LogP contribution in [0.2, 0.25) is 0 Å². The third kappa shape index (κ3) is 3.82. The molecule has 15 heavy (non-hydrogen) atoms. The van der Waals surface area contributed by atoms with Gasteiger partial charge in [0.2, 0.25) is 0 Å². The second kappa shape index (κ2) is 5.16. The van der Waals surface area contributed by atoms with Crippen LogP contribution < -0.4 is 0 Å². The van der Waals surface area contributed by atoms with Crippen LogP contribution in [0.5, 0.6) is 0 Å². The second-order valence-corrected chi connectivity index (χ2v) is 3.49. The Balaban J connectivity index is 2.65. The lowest BCUT2D eigenvalue weighted by Crippen LogP contribution is -1.86. The summed E-state index contributed by atoms with van der Waals surface area (Å²) in [6.07, 6.45) is 1.01. The van der Waals surface area contributed by atoms with E-state index in [0.29, 0.717) is 0 Å². The van der Waals surface area contributed by atoms with Gasteiger partial charge in [-0.3, -0.25) is 10.1 Å². The molecule has 0 atom stereocenters. The fourth-order valence-electron chi connectivity index (χ4n) is 0.817. The molecule has 0 saturated carbocycles. The van der Waals surface area contributed by atoms with Gasteiger partial charge in [-0.05, 0) is 17.5 Å². The van der Waals surface area contributed by atoms with Crippen molar-refractivity contribution in [2.75, 3.05) is 0 Å². The molecule has 0 fully saturated rings. The fourth-order valence-corrected chi connectivity index (χ4v) is 1.45. The Morgan fingerprint density at radius 1 is 1.40 bits per heavy atom. The highest BCUT2D eigenvalue weighted by Gasteiger charge is 2.02. The van der Waals surface area contributed by atoms with Gasteiger partial charge in [-0.25, -0.2) is 4.79 Å². The average Bonchev–Trinajstić information content (AvgIpc) is 2.18. The van der Waals surface area contributed by atoms with E-state index in [9.17, 15) is 14.9 Å². The summed E-state index contributed by atoms with van der Waals surface area (Å²) in [6, 6.07) is 5.87. The maximum Gasteiger partial charge on any atom is 0.328 e. The summed E-state index contributed by atoms with van der Waals surface area (Å²) in [5, 5.41) is 20.0. The van der Waals surface area contributed by atoms with Gasteiger partial charge in [-0.15, -0.1) is 0 Å². The van der Waals surface area contributed by atoms with Gasteiger partial charge in [-0.1, -0.05) is 11.8 Å². The number of hydrogen-bond donors (Lipinski definition) is 1. The molecule has 1 rings (SSSR count). The van der Waals surface area contributed by atoms with E-state index in [4.69, 9.17) is 5.11 Å². The SMILES string of the molecule is O=C(O)C=CSc1ccc([N+](=O)[O-])cc1. The van der Waals surface area contributed by atoms with Crippen LogP contribution in [0.3, 0.4) is 0 Å². The van der Waals surface area contributed by atoms with Gasteiger partial charge in [-0.2, -0.15) is 0 Å². The quantitative estimate of drug-likeness (QED) is 0.368. The fraction of sp³-hybridized carbons (Fsp3) is 0. The highest BCUT2D eigenvalue weighted by molar-refractivity contribution is 8.02. The number of carboxylic acids is 1. The molecule has 6 heteroatoms. The Morgan fingerprint density at radius 3 is 2.47 bits per heavy atom. The van der Waals surface area contributed by atoms with Gasteiger partial charge in [0.05, 0.1) is 4.92 Å². The van der Waals surface area contributed by atoms with Crippen LogP contribution in [0.1, 0.15) is 0 Å². The van der Waals surface area contributed by atoms with Crippen LogP contribution in [0, 0.1) is 10.1 Å². The minimum Gasteiger partial charge on any atom is -0.478 e. The molecule has 0 aliphatic carbocycles. The van der Waals surface area contributed by atoms with Gasteiger partial charge >= 0.3 is 5.97 Å². The molecule has 0 bridgehead atoms. The van der Waals surface area contributed by atoms with Gasteiger partial charge in [0.15, 0.2) is 0 Å². The highest BCUT2D eigenvalue weighted by Crippen LogP contribution is 2.21. The summed E-state index contributed by atoms with van der Waals surface area (Å²) >= 11 is 1.19. The molecular weight excluding hydrogens is 218 g/mol. The number of benzene rings is 1. The van der Waals surface area contributed by atoms with Crippen LogP contribution in [0.15, 0.2) is 40.6 Å². The van der Waals surface area contributed by atoms with E-state index in [1.807, 2.05) is 0 Å². The summed E-state index contributed by atoms with van der Waals surface area (Å²) in [4.78, 5) is 20.7. The third-order valence-electron chi connectivity index (χ3n) is 1.46. The average molecular weight is 225 g/mol. The monoisotopic (exact) mass is 225 g/mol. The molecule has 0 saturated heterocycles. The summed E-state index contributed by atoms with van der Waals surface area (Å²) in [5.74, 6) is -1.02. The van der Waals surface area contributed by atoms with E-state index < -0.39 is 10.9 Å². The van der Waals surface area contributed by atoms with Crippen molar-refractivity contribution in [3.05, 3.63) is 45.9 Å². The first-order chi connectivity index (χ1) is 7.09. The molecule has 0 aliphatic rings. The van der Waals surface area contributed by atoms with Crippen LogP contribution in [0.4, 0.5) is 5.69 Å². The second-order valence-electron chi connectivity index (χ2n) is 2.51. The number of nitro benzene ring substituents is 1. The van der Waals surface area contributed by atoms with E-state index in [1.54, 1.807) is 12.1 Å². The van der Waals surface area contributed by atoms with Crippen molar-refractivity contribution in [2.24, 2.45) is 0 Å². The zero-order valence-corrected chi connectivity index (χ0v) is 8.31. The molecule has 0 spiro atoms. The first kappa shape index (κ1) is 11.3. The van der Waals surface area contributed by atoms with E-state index in [2.05, 4.69) is 0 Å². The highest BCUT2D eigenvalue weighted by atomic mass is 32.2. The van der Waals surface area contributed by atoms with Crippen molar-refractivity contribution in [3.8, 4) is 0 Å². The maximum atomic E-state index is 10.3. The minimum absolute atomic E-state index is 0.0153. The molecule has 0 heterocycles. The van der Waals surface area contributed by atoms with Crippen molar-refractivity contribution in [1.29, 1.82) is 0 Å². The molecule has 0 aromatic heterocycles. The molecule has 0 amide bonds. The molecule has 1 aromatic carbocycles. The lowest BCUT2D eigenvalue weighted by Gasteiger charge is -1.94. The van der Waals surface area contributed by atoms with Gasteiger partial charge in [0, 0.05) is 23.1 Å². The van der Waals surface area contributed by atoms with Crippen molar-refractivity contribution < 1.29 is 14.8 Å². The van der Waals surface area contributed by atoms with Gasteiger partial charge < -0.3 is 5.11 Å². The third-order valence-corrected chi connectivity index (χ3v) is 2.28. The summed E-state index contributed by atoms with van der Waals surface area (Å²) in [6.45, 7) is 0. The standard InChI is InChI=1S/C9H7NO4S/c11-9(12)5-6-15-8-3-1-7(2-4-8)10(13)14/h1-6H,(H,11,12). The number of non-ortho nitro benzene ring substituents is 1. The number of thioether (sulfide) groups is 1. The van der Waals surface area contributed by atoms with E-state index in [0.717, 1.165) is 11.0 Å². The number of nitro groups is 1. The van der Waals surface area contributed by atoms with Crippen LogP contribution >= 0.6 is 11.8 Å². The maximum absolute atomic E-state index is 10.3. The number of aliphatic carboxylic acids is 1. The molecular formula is C9H7NO4S. The summed E-state index contributed by atoms with van der Waals surface area (Å²) < 4.78 is 0. The van der Waals surface area contributed by atoms with Crippen LogP contribution in [-0.2, 0) is 4.79 Å². The lowest BCUT2D eigenvalue weighted by atomic mass is 10.3.